The molecule has 1 aliphatic heterocycles. The van der Waals surface area contributed by atoms with Crippen LogP contribution in [0.4, 0.5) is 4.39 Å². The van der Waals surface area contributed by atoms with Crippen molar-refractivity contribution >= 4 is 31.9 Å². The van der Waals surface area contributed by atoms with Gasteiger partial charge in [-0.3, -0.25) is 4.79 Å². The highest BCUT2D eigenvalue weighted by Crippen LogP contribution is 2.42. The monoisotopic (exact) mass is 535 g/mol. The first kappa shape index (κ1) is 23.2. The number of sulfonamides is 1. The number of halogens is 2. The summed E-state index contributed by atoms with van der Waals surface area (Å²) in [5.74, 6) is -0.427. The maximum Gasteiger partial charge on any atom is 0.326 e. The van der Waals surface area contributed by atoms with Crippen LogP contribution in [-0.2, 0) is 21.2 Å². The third-order valence-corrected chi connectivity index (χ3v) is 7.91. The molecular weight excluding hydrogens is 517 g/mol. The van der Waals surface area contributed by atoms with Gasteiger partial charge >= 0.3 is 5.97 Å². The van der Waals surface area contributed by atoms with Crippen LogP contribution in [0.5, 0.6) is 17.2 Å². The van der Waals surface area contributed by atoms with Crippen LogP contribution in [0.15, 0.2) is 70.0 Å². The lowest BCUT2D eigenvalue weighted by Gasteiger charge is -2.35. The zero-order valence-corrected chi connectivity index (χ0v) is 19.8. The number of carboxylic acids is 1. The highest BCUT2D eigenvalue weighted by atomic mass is 79.9. The van der Waals surface area contributed by atoms with Gasteiger partial charge in [-0.05, 0) is 67.1 Å². The summed E-state index contributed by atoms with van der Waals surface area (Å²) in [5.41, 5.74) is 1.02. The Morgan fingerprint density at radius 1 is 1.06 bits per heavy atom. The van der Waals surface area contributed by atoms with Crippen LogP contribution < -0.4 is 9.47 Å². The number of aliphatic carboxylic acids is 1. The maximum atomic E-state index is 13.4. The van der Waals surface area contributed by atoms with Crippen LogP contribution in [0.25, 0.3) is 0 Å². The number of nitrogens with zero attached hydrogens (tertiary/aromatic N) is 1. The van der Waals surface area contributed by atoms with Crippen molar-refractivity contribution in [1.82, 2.24) is 4.31 Å². The van der Waals surface area contributed by atoms with Crippen molar-refractivity contribution < 1.29 is 32.2 Å². The number of hydrogen-bond acceptors (Lipinski definition) is 5. The van der Waals surface area contributed by atoms with Crippen LogP contribution in [0.1, 0.15) is 17.2 Å². The van der Waals surface area contributed by atoms with Gasteiger partial charge in [-0.1, -0.05) is 15.9 Å². The van der Waals surface area contributed by atoms with E-state index in [0.717, 1.165) is 4.31 Å². The van der Waals surface area contributed by atoms with Crippen molar-refractivity contribution in [1.29, 1.82) is 0 Å². The molecule has 0 fully saturated rings. The minimum atomic E-state index is -4.14. The van der Waals surface area contributed by atoms with Gasteiger partial charge in [0, 0.05) is 22.1 Å². The summed E-state index contributed by atoms with van der Waals surface area (Å²) in [6.07, 6.45) is 0.298. The van der Waals surface area contributed by atoms with E-state index in [4.69, 9.17) is 9.47 Å². The fourth-order valence-electron chi connectivity index (χ4n) is 3.82. The number of methoxy groups -OCH3 is 1. The smallest absolute Gasteiger partial charge is 0.326 e. The summed E-state index contributed by atoms with van der Waals surface area (Å²) >= 11 is 3.37. The first-order valence-corrected chi connectivity index (χ1v) is 12.1. The maximum absolute atomic E-state index is 13.4. The molecule has 1 atom stereocenters. The number of carboxylic acid groups (broad SMARTS) is 1. The first-order chi connectivity index (χ1) is 15.7. The number of fused-ring (bicyclic) bond motifs is 1. The highest BCUT2D eigenvalue weighted by Gasteiger charge is 2.42. The highest BCUT2D eigenvalue weighted by molar-refractivity contribution is 9.10. The zero-order valence-electron chi connectivity index (χ0n) is 17.4. The van der Waals surface area contributed by atoms with Gasteiger partial charge in [0.15, 0.2) is 0 Å². The molecule has 4 rings (SSSR count). The Labute approximate surface area is 198 Å². The van der Waals surface area contributed by atoms with Gasteiger partial charge in [0.05, 0.1) is 12.0 Å². The predicted octanol–water partition coefficient (Wildman–Crippen LogP) is 4.76. The Bertz CT molecular complexity index is 1300. The van der Waals surface area contributed by atoms with E-state index in [0.29, 0.717) is 39.3 Å². The lowest BCUT2D eigenvalue weighted by atomic mass is 9.93. The van der Waals surface area contributed by atoms with Crippen molar-refractivity contribution in [3.8, 4) is 17.2 Å². The quantitative estimate of drug-likeness (QED) is 0.489. The number of benzene rings is 3. The van der Waals surface area contributed by atoms with Crippen LogP contribution in [0, 0.1) is 5.82 Å². The molecule has 172 valence electrons. The molecular formula is C23H19BrFNO6S. The van der Waals surface area contributed by atoms with Crippen LogP contribution in [0.3, 0.4) is 0 Å². The summed E-state index contributed by atoms with van der Waals surface area (Å²) in [6.45, 7) is -0.0209. The van der Waals surface area contributed by atoms with Crippen molar-refractivity contribution in [2.24, 2.45) is 0 Å². The van der Waals surface area contributed by atoms with Crippen LogP contribution >= 0.6 is 15.9 Å². The summed E-state index contributed by atoms with van der Waals surface area (Å²) < 4.78 is 52.3. The molecule has 0 spiro atoms. The van der Waals surface area contributed by atoms with E-state index in [1.54, 1.807) is 12.1 Å². The van der Waals surface area contributed by atoms with Crippen LogP contribution in [0.2, 0.25) is 0 Å². The van der Waals surface area contributed by atoms with Crippen molar-refractivity contribution in [2.45, 2.75) is 17.4 Å². The van der Waals surface area contributed by atoms with Crippen molar-refractivity contribution in [3.05, 3.63) is 82.1 Å². The van der Waals surface area contributed by atoms with Crippen LogP contribution in [-0.4, -0.2) is 37.5 Å². The average Bonchev–Trinajstić information content (AvgIpc) is 2.80. The minimum Gasteiger partial charge on any atom is -0.496 e. The average molecular weight is 536 g/mol. The Morgan fingerprint density at radius 2 is 1.67 bits per heavy atom. The van der Waals surface area contributed by atoms with Gasteiger partial charge < -0.3 is 14.6 Å². The normalized spacial score (nSPS) is 16.2. The molecule has 1 heterocycles. The second-order valence-electron chi connectivity index (χ2n) is 7.28. The van der Waals surface area contributed by atoms with E-state index >= 15 is 0 Å². The molecule has 0 bridgehead atoms. The Hall–Kier alpha value is -2.95. The number of carbonyl (C=O) groups is 1. The molecule has 1 unspecified atom stereocenters. The summed E-state index contributed by atoms with van der Waals surface area (Å²) in [5, 5.41) is 9.97. The van der Waals surface area contributed by atoms with Gasteiger partial charge in [0.25, 0.3) is 0 Å². The summed E-state index contributed by atoms with van der Waals surface area (Å²) in [7, 11) is -2.66. The van der Waals surface area contributed by atoms with Crippen molar-refractivity contribution in [2.75, 3.05) is 13.7 Å². The third-order valence-electron chi connectivity index (χ3n) is 5.34. The number of ether oxygens (including phenoxy) is 2. The standard InChI is InChI=1S/C23H19BrFNO6S/c1-31-20-11-10-19(24)21-18(20)12-13-26(22(21)23(27)28)33(29,30)17-8-6-16(7-9-17)32-15-4-2-14(25)3-5-15/h2-11,22H,12-13H2,1H3,(H,27,28). The van der Waals surface area contributed by atoms with E-state index in [-0.39, 0.29) is 11.4 Å². The molecule has 1 aliphatic rings. The van der Waals surface area contributed by atoms with Gasteiger partial charge in [0.2, 0.25) is 10.0 Å². The lowest BCUT2D eigenvalue weighted by molar-refractivity contribution is -0.142. The molecule has 0 saturated heterocycles. The second-order valence-corrected chi connectivity index (χ2v) is 10.0. The molecule has 0 saturated carbocycles. The van der Waals surface area contributed by atoms with Crippen molar-refractivity contribution in [3.63, 3.8) is 0 Å². The molecule has 0 radical (unpaired) electrons. The molecule has 33 heavy (non-hydrogen) atoms. The molecule has 0 aliphatic carbocycles. The van der Waals surface area contributed by atoms with E-state index in [1.807, 2.05) is 0 Å². The van der Waals surface area contributed by atoms with E-state index in [9.17, 15) is 22.7 Å². The van der Waals surface area contributed by atoms with Gasteiger partial charge in [-0.2, -0.15) is 4.31 Å². The van der Waals surface area contributed by atoms with E-state index in [1.165, 1.54) is 55.6 Å². The SMILES string of the molecule is COc1ccc(Br)c2c1CCN(S(=O)(=O)c1ccc(Oc3ccc(F)cc3)cc1)C2C(=O)O. The Morgan fingerprint density at radius 3 is 2.24 bits per heavy atom. The van der Waals surface area contributed by atoms with E-state index in [2.05, 4.69) is 15.9 Å². The predicted molar refractivity (Wildman–Crippen MR) is 122 cm³/mol. The number of hydrogen-bond donors (Lipinski definition) is 1. The summed E-state index contributed by atoms with van der Waals surface area (Å²) in [4.78, 5) is 12.2. The number of rotatable bonds is 6. The zero-order chi connectivity index (χ0) is 23.8. The fraction of sp³-hybridized carbons (Fsp3) is 0.174. The van der Waals surface area contributed by atoms with Gasteiger partial charge in [-0.25, -0.2) is 12.8 Å². The Kier molecular flexibility index (Phi) is 6.42. The topological polar surface area (TPSA) is 93.1 Å². The van der Waals surface area contributed by atoms with Gasteiger partial charge in [-0.15, -0.1) is 0 Å². The molecule has 3 aromatic rings. The summed E-state index contributed by atoms with van der Waals surface area (Å²) in [6, 6.07) is 13.0. The lowest BCUT2D eigenvalue weighted by Crippen LogP contribution is -2.43. The first-order valence-electron chi connectivity index (χ1n) is 9.86. The molecule has 3 aromatic carbocycles. The molecule has 1 N–H and O–H groups in total. The molecule has 0 amide bonds. The minimum absolute atomic E-state index is 0.0209. The Balaban J connectivity index is 1.66. The third kappa shape index (κ3) is 4.46. The molecule has 0 aromatic heterocycles. The fourth-order valence-corrected chi connectivity index (χ4v) is 5.96. The largest absolute Gasteiger partial charge is 0.496 e. The molecule has 10 heteroatoms. The second kappa shape index (κ2) is 9.12. The molecule has 7 nitrogen and oxygen atoms in total. The van der Waals surface area contributed by atoms with E-state index < -0.39 is 27.9 Å². The van der Waals surface area contributed by atoms with Gasteiger partial charge in [0.1, 0.15) is 29.1 Å².